The molecule has 1 aromatic rings. The first kappa shape index (κ1) is 25.7. The summed E-state index contributed by atoms with van der Waals surface area (Å²) in [5, 5.41) is 4.33. The predicted molar refractivity (Wildman–Crippen MR) is 135 cm³/mol. The molecule has 1 saturated carbocycles. The minimum Gasteiger partial charge on any atom is -0.382 e. The van der Waals surface area contributed by atoms with Crippen molar-refractivity contribution in [1.29, 1.82) is 0 Å². The van der Waals surface area contributed by atoms with Crippen LogP contribution in [0.25, 0.3) is 0 Å². The molecule has 1 aliphatic carbocycles. The number of guanidine groups is 1. The van der Waals surface area contributed by atoms with Crippen molar-refractivity contribution in [2.45, 2.75) is 44.4 Å². The number of nitrogens with one attached hydrogen (secondary N) is 1. The average molecular weight is 550 g/mol. The van der Waals surface area contributed by atoms with Gasteiger partial charge in [0, 0.05) is 43.1 Å². The number of likely N-dealkylation sites (tertiary alicyclic amines) is 1. The SMILES string of the molecule is CCNC(=NCC1(c2cccc(Cl)c2)CCCC1)N1CCC(COCCOC)C1.I. The van der Waals surface area contributed by atoms with Crippen molar-refractivity contribution in [2.24, 2.45) is 10.9 Å². The predicted octanol–water partition coefficient (Wildman–Crippen LogP) is 4.72. The Balaban J connectivity index is 0.00000320. The van der Waals surface area contributed by atoms with Crippen molar-refractivity contribution >= 4 is 41.5 Å². The van der Waals surface area contributed by atoms with Gasteiger partial charge in [-0.05, 0) is 43.9 Å². The highest BCUT2D eigenvalue weighted by Crippen LogP contribution is 2.42. The third-order valence-corrected chi connectivity index (χ3v) is 6.47. The highest BCUT2D eigenvalue weighted by molar-refractivity contribution is 14.0. The van der Waals surface area contributed by atoms with E-state index >= 15 is 0 Å². The van der Waals surface area contributed by atoms with Crippen LogP contribution in [-0.2, 0) is 14.9 Å². The molecule has 3 rings (SSSR count). The van der Waals surface area contributed by atoms with E-state index in [1.165, 1.54) is 31.2 Å². The molecule has 2 aliphatic rings. The topological polar surface area (TPSA) is 46.1 Å². The van der Waals surface area contributed by atoms with Crippen LogP contribution in [0.2, 0.25) is 5.02 Å². The van der Waals surface area contributed by atoms with Gasteiger partial charge in [-0.15, -0.1) is 24.0 Å². The smallest absolute Gasteiger partial charge is 0.193 e. The van der Waals surface area contributed by atoms with E-state index in [-0.39, 0.29) is 29.4 Å². The summed E-state index contributed by atoms with van der Waals surface area (Å²) >= 11 is 6.30. The summed E-state index contributed by atoms with van der Waals surface area (Å²) in [4.78, 5) is 7.52. The summed E-state index contributed by atoms with van der Waals surface area (Å²) in [6.07, 6.45) is 6.06. The largest absolute Gasteiger partial charge is 0.382 e. The van der Waals surface area contributed by atoms with Gasteiger partial charge >= 0.3 is 0 Å². The summed E-state index contributed by atoms with van der Waals surface area (Å²) in [6.45, 7) is 8.01. The fourth-order valence-corrected chi connectivity index (χ4v) is 4.80. The summed E-state index contributed by atoms with van der Waals surface area (Å²) < 4.78 is 10.8. The summed E-state index contributed by atoms with van der Waals surface area (Å²) in [5.74, 6) is 1.60. The average Bonchev–Trinajstić information content (AvgIpc) is 3.39. The lowest BCUT2D eigenvalue weighted by Gasteiger charge is -2.30. The maximum atomic E-state index is 6.30. The van der Waals surface area contributed by atoms with E-state index in [0.29, 0.717) is 19.1 Å². The lowest BCUT2D eigenvalue weighted by atomic mass is 9.79. The molecule has 0 radical (unpaired) electrons. The molecule has 1 saturated heterocycles. The monoisotopic (exact) mass is 549 g/mol. The molecule has 0 bridgehead atoms. The Morgan fingerprint density at radius 2 is 2.10 bits per heavy atom. The van der Waals surface area contributed by atoms with Crippen LogP contribution in [0, 0.1) is 5.92 Å². The Labute approximate surface area is 204 Å². The summed E-state index contributed by atoms with van der Waals surface area (Å²) in [5.41, 5.74) is 1.46. The molecule has 7 heteroatoms. The van der Waals surface area contributed by atoms with Gasteiger partial charge in [0.15, 0.2) is 5.96 Å². The van der Waals surface area contributed by atoms with E-state index in [1.807, 2.05) is 6.07 Å². The highest BCUT2D eigenvalue weighted by atomic mass is 127. The third kappa shape index (κ3) is 6.97. The van der Waals surface area contributed by atoms with Crippen LogP contribution in [0.15, 0.2) is 29.3 Å². The maximum absolute atomic E-state index is 6.30. The number of halogens is 2. The van der Waals surface area contributed by atoms with Crippen molar-refractivity contribution in [2.75, 3.05) is 53.1 Å². The van der Waals surface area contributed by atoms with Crippen molar-refractivity contribution < 1.29 is 9.47 Å². The van der Waals surface area contributed by atoms with Crippen LogP contribution < -0.4 is 5.32 Å². The summed E-state index contributed by atoms with van der Waals surface area (Å²) in [6, 6.07) is 8.39. The second-order valence-electron chi connectivity index (χ2n) is 8.34. The second-order valence-corrected chi connectivity index (χ2v) is 8.77. The zero-order chi connectivity index (χ0) is 20.5. The minimum absolute atomic E-state index is 0. The van der Waals surface area contributed by atoms with E-state index in [1.54, 1.807) is 7.11 Å². The normalized spacial score (nSPS) is 21.0. The number of hydrogen-bond acceptors (Lipinski definition) is 3. The van der Waals surface area contributed by atoms with Crippen LogP contribution in [0.3, 0.4) is 0 Å². The highest BCUT2D eigenvalue weighted by Gasteiger charge is 2.36. The van der Waals surface area contributed by atoms with Gasteiger partial charge in [0.2, 0.25) is 0 Å². The molecule has 1 heterocycles. The quantitative estimate of drug-likeness (QED) is 0.210. The van der Waals surface area contributed by atoms with Crippen LogP contribution in [-0.4, -0.2) is 64.0 Å². The van der Waals surface area contributed by atoms with Gasteiger partial charge < -0.3 is 19.7 Å². The fourth-order valence-electron chi connectivity index (χ4n) is 4.61. The Morgan fingerprint density at radius 1 is 1.30 bits per heavy atom. The van der Waals surface area contributed by atoms with Crippen LogP contribution in [0.1, 0.15) is 44.6 Å². The molecule has 1 atom stereocenters. The number of ether oxygens (including phenoxy) is 2. The number of nitrogens with zero attached hydrogens (tertiary/aromatic N) is 2. The second kappa shape index (κ2) is 13.1. The first-order valence-electron chi connectivity index (χ1n) is 11.0. The van der Waals surface area contributed by atoms with Gasteiger partial charge in [0.1, 0.15) is 0 Å². The molecule has 30 heavy (non-hydrogen) atoms. The number of hydrogen-bond donors (Lipinski definition) is 1. The van der Waals surface area contributed by atoms with Crippen LogP contribution in [0.5, 0.6) is 0 Å². The van der Waals surface area contributed by atoms with E-state index in [9.17, 15) is 0 Å². The molecule has 2 fully saturated rings. The first-order chi connectivity index (χ1) is 14.2. The van der Waals surface area contributed by atoms with Crippen molar-refractivity contribution in [1.82, 2.24) is 10.2 Å². The zero-order valence-electron chi connectivity index (χ0n) is 18.4. The van der Waals surface area contributed by atoms with E-state index in [0.717, 1.165) is 50.2 Å². The molecular weight excluding hydrogens is 513 g/mol. The number of rotatable bonds is 9. The van der Waals surface area contributed by atoms with E-state index in [4.69, 9.17) is 26.1 Å². The Hall–Kier alpha value is -0.570. The first-order valence-corrected chi connectivity index (χ1v) is 11.4. The van der Waals surface area contributed by atoms with Crippen LogP contribution in [0.4, 0.5) is 0 Å². The van der Waals surface area contributed by atoms with Gasteiger partial charge in [0.25, 0.3) is 0 Å². The summed E-state index contributed by atoms with van der Waals surface area (Å²) in [7, 11) is 1.71. The molecule has 0 aromatic heterocycles. The Morgan fingerprint density at radius 3 is 2.80 bits per heavy atom. The molecule has 170 valence electrons. The maximum Gasteiger partial charge on any atom is 0.193 e. The Bertz CT molecular complexity index is 668. The number of benzene rings is 1. The van der Waals surface area contributed by atoms with Crippen molar-refractivity contribution in [3.63, 3.8) is 0 Å². The molecular formula is C23H37ClIN3O2. The minimum atomic E-state index is 0. The lowest BCUT2D eigenvalue weighted by Crippen LogP contribution is -2.41. The van der Waals surface area contributed by atoms with Gasteiger partial charge in [-0.2, -0.15) is 0 Å². The third-order valence-electron chi connectivity index (χ3n) is 6.23. The van der Waals surface area contributed by atoms with Gasteiger partial charge in [-0.1, -0.05) is 36.6 Å². The molecule has 0 spiro atoms. The molecule has 1 unspecified atom stereocenters. The lowest BCUT2D eigenvalue weighted by molar-refractivity contribution is 0.0536. The van der Waals surface area contributed by atoms with E-state index in [2.05, 4.69) is 35.3 Å². The zero-order valence-corrected chi connectivity index (χ0v) is 21.5. The number of aliphatic imine (C=N–C) groups is 1. The van der Waals surface area contributed by atoms with Crippen molar-refractivity contribution in [3.8, 4) is 0 Å². The van der Waals surface area contributed by atoms with E-state index < -0.39 is 0 Å². The fraction of sp³-hybridized carbons (Fsp3) is 0.696. The Kier molecular flexibility index (Phi) is 11.2. The number of methoxy groups -OCH3 is 1. The standard InChI is InChI=1S/C23H36ClN3O2.HI/c1-3-25-22(27-12-9-19(16-27)17-29-14-13-28-2)26-18-23(10-4-5-11-23)20-7-6-8-21(24)15-20;/h6-8,15,19H,3-5,9-14,16-18H2,1-2H3,(H,25,26);1H. The molecule has 1 aliphatic heterocycles. The molecule has 5 nitrogen and oxygen atoms in total. The van der Waals surface area contributed by atoms with Crippen molar-refractivity contribution in [3.05, 3.63) is 34.9 Å². The molecule has 1 aromatic carbocycles. The van der Waals surface area contributed by atoms with Gasteiger partial charge in [0.05, 0.1) is 26.4 Å². The van der Waals surface area contributed by atoms with Gasteiger partial charge in [-0.25, -0.2) is 0 Å². The van der Waals surface area contributed by atoms with Gasteiger partial charge in [-0.3, -0.25) is 4.99 Å². The molecule has 0 amide bonds. The molecule has 1 N–H and O–H groups in total. The van der Waals surface area contributed by atoms with Crippen LogP contribution >= 0.6 is 35.6 Å².